The Balaban J connectivity index is 1.52. The number of quaternary nitrogens is 1. The molecule has 0 radical (unpaired) electrons. The van der Waals surface area contributed by atoms with Crippen molar-refractivity contribution in [2.75, 3.05) is 6.54 Å². The molecule has 1 unspecified atom stereocenters. The van der Waals surface area contributed by atoms with Gasteiger partial charge in [-0.05, 0) is 31.9 Å². The molecule has 1 fully saturated rings. The third kappa shape index (κ3) is 2.46. The molecule has 1 aliphatic carbocycles. The van der Waals surface area contributed by atoms with Gasteiger partial charge in [-0.3, -0.25) is 4.40 Å². The third-order valence-corrected chi connectivity index (χ3v) is 4.94. The summed E-state index contributed by atoms with van der Waals surface area (Å²) < 4.78 is 2.62. The van der Waals surface area contributed by atoms with Crippen LogP contribution in [0.3, 0.4) is 0 Å². The lowest BCUT2D eigenvalue weighted by Crippen LogP contribution is -2.43. The molecule has 3 aromatic rings. The van der Waals surface area contributed by atoms with E-state index in [1.807, 2.05) is 48.5 Å². The Bertz CT molecular complexity index is 982. The van der Waals surface area contributed by atoms with E-state index >= 15 is 0 Å². The van der Waals surface area contributed by atoms with Crippen LogP contribution in [0.25, 0.3) is 17.0 Å². The van der Waals surface area contributed by atoms with Crippen LogP contribution < -0.4 is 4.48 Å². The summed E-state index contributed by atoms with van der Waals surface area (Å²) in [5.41, 5.74) is 3.00. The zero-order valence-electron chi connectivity index (χ0n) is 14.1. The first-order chi connectivity index (χ1) is 12.2. The maximum Gasteiger partial charge on any atom is 0.238 e. The third-order valence-electron chi connectivity index (χ3n) is 4.94. The van der Waals surface area contributed by atoms with Crippen molar-refractivity contribution in [1.82, 2.24) is 23.8 Å². The van der Waals surface area contributed by atoms with Gasteiger partial charge in [0.25, 0.3) is 0 Å². The van der Waals surface area contributed by atoms with Gasteiger partial charge in [0.1, 0.15) is 6.20 Å². The number of fused-ring (bicyclic) bond motifs is 1. The SMILES string of the molecule is Cc1ccn2c(-c3ccc([N+]4(CC5CC5)C=CN=C4)nc3)cnc2n1. The summed E-state index contributed by atoms with van der Waals surface area (Å²) >= 11 is 0. The van der Waals surface area contributed by atoms with Gasteiger partial charge in [0.15, 0.2) is 0 Å². The van der Waals surface area contributed by atoms with Gasteiger partial charge in [-0.15, -0.1) is 0 Å². The highest BCUT2D eigenvalue weighted by Gasteiger charge is 2.38. The minimum atomic E-state index is 0.624. The summed E-state index contributed by atoms with van der Waals surface area (Å²) in [6.45, 7) is 3.02. The van der Waals surface area contributed by atoms with Crippen molar-refractivity contribution in [3.63, 3.8) is 0 Å². The molecule has 1 saturated carbocycles. The molecule has 2 aliphatic rings. The summed E-state index contributed by atoms with van der Waals surface area (Å²) in [6, 6.07) is 6.19. The molecule has 1 atom stereocenters. The Hall–Kier alpha value is -2.86. The van der Waals surface area contributed by atoms with E-state index < -0.39 is 0 Å². The highest BCUT2D eigenvalue weighted by Crippen LogP contribution is 2.35. The summed E-state index contributed by atoms with van der Waals surface area (Å²) in [4.78, 5) is 17.9. The van der Waals surface area contributed by atoms with Crippen molar-refractivity contribution >= 4 is 17.9 Å². The van der Waals surface area contributed by atoms with Crippen LogP contribution in [0.15, 0.2) is 54.2 Å². The summed E-state index contributed by atoms with van der Waals surface area (Å²) in [7, 11) is 0. The first kappa shape index (κ1) is 14.5. The molecule has 3 aromatic heterocycles. The molecule has 6 nitrogen and oxygen atoms in total. The number of rotatable bonds is 4. The van der Waals surface area contributed by atoms with Gasteiger partial charge in [-0.2, -0.15) is 0 Å². The first-order valence-electron chi connectivity index (χ1n) is 8.61. The second-order valence-electron chi connectivity index (χ2n) is 6.91. The number of aliphatic imine (C=N–C) groups is 1. The van der Waals surface area contributed by atoms with Crippen molar-refractivity contribution in [2.24, 2.45) is 10.9 Å². The van der Waals surface area contributed by atoms with Gasteiger partial charge in [0, 0.05) is 35.6 Å². The highest BCUT2D eigenvalue weighted by atomic mass is 15.4. The zero-order chi connectivity index (χ0) is 16.9. The maximum atomic E-state index is 4.76. The topological polar surface area (TPSA) is 55.4 Å². The van der Waals surface area contributed by atoms with E-state index in [-0.39, 0.29) is 0 Å². The number of aromatic nitrogens is 4. The molecule has 0 N–H and O–H groups in total. The summed E-state index contributed by atoms with van der Waals surface area (Å²) in [5, 5.41) is 0. The van der Waals surface area contributed by atoms with E-state index in [2.05, 4.69) is 33.3 Å². The Labute approximate surface area is 145 Å². The average Bonchev–Trinajstić information content (AvgIpc) is 3.15. The lowest BCUT2D eigenvalue weighted by molar-refractivity contribution is 0.511. The molecule has 0 amide bonds. The van der Waals surface area contributed by atoms with Crippen LogP contribution in [0.5, 0.6) is 0 Å². The van der Waals surface area contributed by atoms with Gasteiger partial charge in [-0.25, -0.2) is 24.4 Å². The number of imidazole rings is 1. The van der Waals surface area contributed by atoms with E-state index in [4.69, 9.17) is 4.98 Å². The molecule has 124 valence electrons. The fourth-order valence-electron chi connectivity index (χ4n) is 3.37. The van der Waals surface area contributed by atoms with E-state index in [0.29, 0.717) is 10.3 Å². The van der Waals surface area contributed by atoms with Crippen LogP contribution in [0, 0.1) is 12.8 Å². The quantitative estimate of drug-likeness (QED) is 0.689. The van der Waals surface area contributed by atoms with Crippen molar-refractivity contribution in [2.45, 2.75) is 19.8 Å². The molecule has 0 aromatic carbocycles. The molecule has 4 heterocycles. The molecule has 0 bridgehead atoms. The van der Waals surface area contributed by atoms with Crippen molar-refractivity contribution in [1.29, 1.82) is 0 Å². The second kappa shape index (κ2) is 5.32. The maximum absolute atomic E-state index is 4.76. The lowest BCUT2D eigenvalue weighted by Gasteiger charge is -2.25. The fraction of sp³-hybridized carbons (Fsp3) is 0.263. The van der Waals surface area contributed by atoms with E-state index in [1.165, 1.54) is 12.8 Å². The molecule has 0 spiro atoms. The Morgan fingerprint density at radius 3 is 2.80 bits per heavy atom. The molecule has 5 rings (SSSR count). The van der Waals surface area contributed by atoms with Gasteiger partial charge in [0.2, 0.25) is 17.9 Å². The van der Waals surface area contributed by atoms with E-state index in [0.717, 1.165) is 35.2 Å². The molecule has 1 aliphatic heterocycles. The monoisotopic (exact) mass is 331 g/mol. The summed E-state index contributed by atoms with van der Waals surface area (Å²) in [5.74, 6) is 2.51. The van der Waals surface area contributed by atoms with Crippen molar-refractivity contribution < 1.29 is 0 Å². The molecule has 0 saturated heterocycles. The molecular weight excluding hydrogens is 312 g/mol. The van der Waals surface area contributed by atoms with Gasteiger partial charge in [0.05, 0.1) is 24.6 Å². The molecular formula is C19H19N6+. The van der Waals surface area contributed by atoms with Gasteiger partial charge < -0.3 is 0 Å². The molecule has 6 heteroatoms. The van der Waals surface area contributed by atoms with Crippen LogP contribution >= 0.6 is 0 Å². The van der Waals surface area contributed by atoms with Gasteiger partial charge >= 0.3 is 0 Å². The predicted molar refractivity (Wildman–Crippen MR) is 98.0 cm³/mol. The van der Waals surface area contributed by atoms with Crippen LogP contribution in [0.4, 0.5) is 5.82 Å². The lowest BCUT2D eigenvalue weighted by atomic mass is 10.2. The molecule has 25 heavy (non-hydrogen) atoms. The number of hydrogen-bond acceptors (Lipinski definition) is 4. The van der Waals surface area contributed by atoms with E-state index in [1.54, 1.807) is 0 Å². The van der Waals surface area contributed by atoms with Crippen LogP contribution in [-0.4, -0.2) is 32.2 Å². The standard InChI is InChI=1S/C19H19N6/c1-14-6-8-24-17(11-22-19(24)23-14)16-4-5-18(21-10-16)25(9-7-20-13-25)12-15-2-3-15/h4-11,13,15H,2-3,12H2,1H3/q+1. The van der Waals surface area contributed by atoms with Crippen molar-refractivity contribution in [3.05, 3.63) is 54.9 Å². The highest BCUT2D eigenvalue weighted by molar-refractivity contribution is 5.77. The first-order valence-corrected chi connectivity index (χ1v) is 8.61. The minimum absolute atomic E-state index is 0.624. The second-order valence-corrected chi connectivity index (χ2v) is 6.91. The number of nitrogens with zero attached hydrogens (tertiary/aromatic N) is 6. The Morgan fingerprint density at radius 1 is 1.16 bits per heavy atom. The smallest absolute Gasteiger partial charge is 0.238 e. The van der Waals surface area contributed by atoms with Crippen LogP contribution in [0.2, 0.25) is 0 Å². The van der Waals surface area contributed by atoms with Crippen LogP contribution in [-0.2, 0) is 0 Å². The van der Waals surface area contributed by atoms with Gasteiger partial charge in [-0.1, -0.05) is 0 Å². The minimum Gasteiger partial charge on any atom is -0.284 e. The van der Waals surface area contributed by atoms with Crippen molar-refractivity contribution in [3.8, 4) is 11.3 Å². The number of hydrogen-bond donors (Lipinski definition) is 0. The van der Waals surface area contributed by atoms with Crippen LogP contribution in [0.1, 0.15) is 18.5 Å². The average molecular weight is 331 g/mol. The summed E-state index contributed by atoms with van der Waals surface area (Å²) in [6.07, 6.45) is 14.4. The number of pyridine rings is 1. The zero-order valence-corrected chi connectivity index (χ0v) is 14.1. The fourth-order valence-corrected chi connectivity index (χ4v) is 3.37. The normalized spacial score (nSPS) is 22.1. The largest absolute Gasteiger partial charge is 0.284 e. The number of aryl methyl sites for hydroxylation is 1. The Morgan fingerprint density at radius 2 is 2.08 bits per heavy atom. The Kier molecular flexibility index (Phi) is 3.08. The predicted octanol–water partition coefficient (Wildman–Crippen LogP) is 3.33. The van der Waals surface area contributed by atoms with E-state index in [9.17, 15) is 0 Å².